The fraction of sp³-hybridized carbons (Fsp3) is 0.160. The molecule has 1 amide bonds. The van der Waals surface area contributed by atoms with Crippen LogP contribution in [0.4, 0.5) is 11.4 Å². The van der Waals surface area contributed by atoms with Gasteiger partial charge in [0.2, 0.25) is 5.91 Å². The molecule has 0 saturated heterocycles. The summed E-state index contributed by atoms with van der Waals surface area (Å²) in [7, 11) is 0. The Morgan fingerprint density at radius 3 is 2.26 bits per heavy atom. The molecule has 1 aromatic heterocycles. The largest absolute Gasteiger partial charge is 0.325 e. The minimum atomic E-state index is -0.441. The van der Waals surface area contributed by atoms with Gasteiger partial charge in [-0.15, -0.1) is 10.2 Å². The van der Waals surface area contributed by atoms with Crippen molar-refractivity contribution in [1.82, 2.24) is 14.8 Å². The molecule has 3 aromatic carbocycles. The van der Waals surface area contributed by atoms with Crippen LogP contribution in [0.1, 0.15) is 16.7 Å². The van der Waals surface area contributed by atoms with Gasteiger partial charge in [-0.1, -0.05) is 47.7 Å². The first-order chi connectivity index (χ1) is 16.3. The number of aryl methyl sites for hydroxylation is 3. The Morgan fingerprint density at radius 2 is 1.65 bits per heavy atom. The summed E-state index contributed by atoms with van der Waals surface area (Å²) in [6.07, 6.45) is 0. The Hall–Kier alpha value is -3.98. The van der Waals surface area contributed by atoms with E-state index in [1.165, 1.54) is 23.9 Å². The summed E-state index contributed by atoms with van der Waals surface area (Å²) in [6, 6.07) is 19.8. The van der Waals surface area contributed by atoms with E-state index in [1.54, 1.807) is 12.1 Å². The standard InChI is InChI=1S/C25H23N5O3S/c1-16-13-17(2)23(18(3)14-16)26-22(31)15-34-25-28-27-24(29(25)20-7-5-4-6-8-20)19-9-11-21(12-10-19)30(32)33/h4-14H,15H2,1-3H3,(H,26,31). The van der Waals surface area contributed by atoms with Crippen LogP contribution in [0.25, 0.3) is 17.1 Å². The molecule has 0 bridgehead atoms. The summed E-state index contributed by atoms with van der Waals surface area (Å²) in [6.45, 7) is 5.98. The highest BCUT2D eigenvalue weighted by atomic mass is 32.2. The van der Waals surface area contributed by atoms with Gasteiger partial charge in [-0.25, -0.2) is 0 Å². The van der Waals surface area contributed by atoms with Crippen LogP contribution >= 0.6 is 11.8 Å². The van der Waals surface area contributed by atoms with Crippen LogP contribution in [0.5, 0.6) is 0 Å². The van der Waals surface area contributed by atoms with Gasteiger partial charge in [0.1, 0.15) is 0 Å². The summed E-state index contributed by atoms with van der Waals surface area (Å²) in [5, 5.41) is 23.2. The van der Waals surface area contributed by atoms with Gasteiger partial charge in [0.25, 0.3) is 5.69 Å². The number of hydrogen-bond donors (Lipinski definition) is 1. The fourth-order valence-corrected chi connectivity index (χ4v) is 4.53. The topological polar surface area (TPSA) is 103 Å². The van der Waals surface area contributed by atoms with Gasteiger partial charge in [0, 0.05) is 29.1 Å². The van der Waals surface area contributed by atoms with Crippen molar-refractivity contribution < 1.29 is 9.72 Å². The molecule has 34 heavy (non-hydrogen) atoms. The maximum atomic E-state index is 12.7. The maximum Gasteiger partial charge on any atom is 0.269 e. The molecule has 0 aliphatic carbocycles. The number of hydrogen-bond acceptors (Lipinski definition) is 6. The third-order valence-electron chi connectivity index (χ3n) is 5.26. The number of carbonyl (C=O) groups excluding carboxylic acids is 1. The Bertz CT molecular complexity index is 1330. The lowest BCUT2D eigenvalue weighted by molar-refractivity contribution is -0.384. The highest BCUT2D eigenvalue weighted by Crippen LogP contribution is 2.29. The van der Waals surface area contributed by atoms with Gasteiger partial charge in [0.05, 0.1) is 10.7 Å². The lowest BCUT2D eigenvalue weighted by atomic mass is 10.1. The van der Waals surface area contributed by atoms with E-state index in [9.17, 15) is 14.9 Å². The highest BCUT2D eigenvalue weighted by Gasteiger charge is 2.18. The molecule has 8 nitrogen and oxygen atoms in total. The minimum Gasteiger partial charge on any atom is -0.325 e. The Kier molecular flexibility index (Phi) is 6.74. The van der Waals surface area contributed by atoms with E-state index in [0.29, 0.717) is 16.5 Å². The Morgan fingerprint density at radius 1 is 1.00 bits per heavy atom. The summed E-state index contributed by atoms with van der Waals surface area (Å²) < 4.78 is 1.85. The van der Waals surface area contributed by atoms with Crippen molar-refractivity contribution in [2.45, 2.75) is 25.9 Å². The van der Waals surface area contributed by atoms with E-state index in [-0.39, 0.29) is 17.3 Å². The summed E-state index contributed by atoms with van der Waals surface area (Å²) >= 11 is 1.28. The molecule has 0 radical (unpaired) electrons. The molecule has 172 valence electrons. The molecule has 0 unspecified atom stereocenters. The van der Waals surface area contributed by atoms with E-state index in [2.05, 4.69) is 15.5 Å². The quantitative estimate of drug-likeness (QED) is 0.216. The molecule has 0 fully saturated rings. The van der Waals surface area contributed by atoms with Crippen LogP contribution in [0.3, 0.4) is 0 Å². The van der Waals surface area contributed by atoms with Gasteiger partial charge in [-0.2, -0.15) is 0 Å². The van der Waals surface area contributed by atoms with E-state index >= 15 is 0 Å². The number of nitro benzene ring substituents is 1. The maximum absolute atomic E-state index is 12.7. The second-order valence-electron chi connectivity index (χ2n) is 7.89. The molecular formula is C25H23N5O3S. The number of nitrogens with one attached hydrogen (secondary N) is 1. The highest BCUT2D eigenvalue weighted by molar-refractivity contribution is 7.99. The van der Waals surface area contributed by atoms with Gasteiger partial charge < -0.3 is 5.32 Å². The molecular weight excluding hydrogens is 450 g/mol. The minimum absolute atomic E-state index is 0.00230. The number of non-ortho nitro benzene ring substituents is 1. The average Bonchev–Trinajstić information content (AvgIpc) is 3.24. The predicted octanol–water partition coefficient (Wildman–Crippen LogP) is 5.50. The number of anilines is 1. The van der Waals surface area contributed by atoms with Crippen LogP contribution in [0, 0.1) is 30.9 Å². The van der Waals surface area contributed by atoms with Crippen LogP contribution in [-0.2, 0) is 4.79 Å². The summed E-state index contributed by atoms with van der Waals surface area (Å²) in [5.41, 5.74) is 5.53. The molecule has 1 heterocycles. The number of rotatable bonds is 7. The smallest absolute Gasteiger partial charge is 0.269 e. The summed E-state index contributed by atoms with van der Waals surface area (Å²) in [4.78, 5) is 23.3. The lowest BCUT2D eigenvalue weighted by Crippen LogP contribution is -2.16. The third kappa shape index (κ3) is 4.99. The summed E-state index contributed by atoms with van der Waals surface area (Å²) in [5.74, 6) is 0.548. The first kappa shape index (κ1) is 23.2. The lowest BCUT2D eigenvalue weighted by Gasteiger charge is -2.13. The molecule has 0 spiro atoms. The van der Waals surface area contributed by atoms with E-state index in [4.69, 9.17) is 0 Å². The zero-order chi connectivity index (χ0) is 24.2. The number of nitro groups is 1. The fourth-order valence-electron chi connectivity index (χ4n) is 3.78. The number of aromatic nitrogens is 3. The normalized spacial score (nSPS) is 10.8. The van der Waals surface area contributed by atoms with Crippen molar-refractivity contribution in [3.05, 3.63) is 93.5 Å². The number of benzene rings is 3. The van der Waals surface area contributed by atoms with Crippen molar-refractivity contribution in [1.29, 1.82) is 0 Å². The zero-order valence-corrected chi connectivity index (χ0v) is 19.8. The number of para-hydroxylation sites is 1. The first-order valence-electron chi connectivity index (χ1n) is 10.6. The third-order valence-corrected chi connectivity index (χ3v) is 6.19. The zero-order valence-electron chi connectivity index (χ0n) is 19.0. The monoisotopic (exact) mass is 473 g/mol. The van der Waals surface area contributed by atoms with Gasteiger partial charge in [0.15, 0.2) is 11.0 Å². The second-order valence-corrected chi connectivity index (χ2v) is 8.83. The second kappa shape index (κ2) is 9.88. The van der Waals surface area contributed by atoms with Gasteiger partial charge >= 0.3 is 0 Å². The van der Waals surface area contributed by atoms with Crippen molar-refractivity contribution >= 4 is 29.0 Å². The molecule has 0 aliphatic rings. The average molecular weight is 474 g/mol. The molecule has 0 atom stereocenters. The molecule has 4 rings (SSSR count). The van der Waals surface area contributed by atoms with Gasteiger partial charge in [-0.3, -0.25) is 19.5 Å². The van der Waals surface area contributed by atoms with Crippen LogP contribution in [0.15, 0.2) is 71.9 Å². The van der Waals surface area contributed by atoms with Crippen molar-refractivity contribution in [3.8, 4) is 17.1 Å². The molecule has 0 aliphatic heterocycles. The van der Waals surface area contributed by atoms with Crippen molar-refractivity contribution in [2.24, 2.45) is 0 Å². The van der Waals surface area contributed by atoms with Gasteiger partial charge in [-0.05, 0) is 56.2 Å². The number of nitrogens with zero attached hydrogens (tertiary/aromatic N) is 4. The van der Waals surface area contributed by atoms with Crippen LogP contribution in [0.2, 0.25) is 0 Å². The molecule has 1 N–H and O–H groups in total. The van der Waals surface area contributed by atoms with Crippen LogP contribution < -0.4 is 5.32 Å². The first-order valence-corrected chi connectivity index (χ1v) is 11.6. The van der Waals surface area contributed by atoms with Crippen molar-refractivity contribution in [3.63, 3.8) is 0 Å². The number of thioether (sulfide) groups is 1. The molecule has 4 aromatic rings. The van der Waals surface area contributed by atoms with E-state index in [0.717, 1.165) is 28.1 Å². The molecule has 9 heteroatoms. The number of amides is 1. The SMILES string of the molecule is Cc1cc(C)c(NC(=O)CSc2nnc(-c3ccc([N+](=O)[O-])cc3)n2-c2ccccc2)c(C)c1. The Labute approximate surface area is 201 Å². The Balaban J connectivity index is 1.60. The van der Waals surface area contributed by atoms with Crippen molar-refractivity contribution in [2.75, 3.05) is 11.1 Å². The van der Waals surface area contributed by atoms with Crippen LogP contribution in [-0.4, -0.2) is 31.3 Å². The predicted molar refractivity (Wildman–Crippen MR) is 133 cm³/mol. The van der Waals surface area contributed by atoms with E-state index < -0.39 is 4.92 Å². The number of carbonyl (C=O) groups is 1. The molecule has 0 saturated carbocycles. The van der Waals surface area contributed by atoms with E-state index in [1.807, 2.05) is 67.8 Å².